The fourth-order valence-corrected chi connectivity index (χ4v) is 6.01. The Morgan fingerprint density at radius 1 is 1.02 bits per heavy atom. The van der Waals surface area contributed by atoms with E-state index in [1.54, 1.807) is 16.9 Å². The molecule has 2 aromatic carbocycles. The predicted octanol–water partition coefficient (Wildman–Crippen LogP) is 6.45. The van der Waals surface area contributed by atoms with Crippen LogP contribution in [0, 0.1) is 28.9 Å². The molecule has 0 radical (unpaired) electrons. The standard InChI is InChI=1S/C32H32F3N7/c1-20(2)13-29-25(16-36)31(26-18-38-42(32(26)39-29)24-7-10-40(11-8-24)12-9-33)22-4-6-30-23(15-22)17-37-41(30)19-21-3-5-27(34)28(35)14-21/h3-6,14-15,17-18,20,24H,7-13,19H2,1-2H3. The van der Waals surface area contributed by atoms with Gasteiger partial charge in [-0.2, -0.15) is 15.5 Å². The molecule has 4 heterocycles. The lowest BCUT2D eigenvalue weighted by Gasteiger charge is -2.31. The minimum atomic E-state index is -0.889. The van der Waals surface area contributed by atoms with Gasteiger partial charge in [-0.05, 0) is 60.6 Å². The van der Waals surface area contributed by atoms with Crippen molar-refractivity contribution in [3.8, 4) is 17.2 Å². The van der Waals surface area contributed by atoms with Crippen LogP contribution in [0.5, 0.6) is 0 Å². The number of alkyl halides is 1. The van der Waals surface area contributed by atoms with Crippen LogP contribution in [0.2, 0.25) is 0 Å². The third-order valence-electron chi connectivity index (χ3n) is 8.08. The summed E-state index contributed by atoms with van der Waals surface area (Å²) in [6.45, 7) is 6.24. The van der Waals surface area contributed by atoms with E-state index in [1.165, 1.54) is 6.07 Å². The molecule has 3 aromatic heterocycles. The van der Waals surface area contributed by atoms with Gasteiger partial charge in [0.25, 0.3) is 0 Å². The molecular formula is C32H32F3N7. The topological polar surface area (TPSA) is 75.6 Å². The van der Waals surface area contributed by atoms with Gasteiger partial charge in [0.2, 0.25) is 0 Å². The number of halogens is 3. The lowest BCUT2D eigenvalue weighted by atomic mass is 9.93. The first-order valence-corrected chi connectivity index (χ1v) is 14.3. The number of rotatable bonds is 8. The molecule has 1 fully saturated rings. The highest BCUT2D eigenvalue weighted by molar-refractivity contribution is 5.98. The van der Waals surface area contributed by atoms with Crippen molar-refractivity contribution in [2.45, 2.75) is 45.7 Å². The van der Waals surface area contributed by atoms with Crippen molar-refractivity contribution in [1.82, 2.24) is 29.4 Å². The van der Waals surface area contributed by atoms with Crippen LogP contribution in [0.25, 0.3) is 33.1 Å². The molecule has 7 nitrogen and oxygen atoms in total. The van der Waals surface area contributed by atoms with Crippen molar-refractivity contribution < 1.29 is 13.2 Å². The van der Waals surface area contributed by atoms with Crippen molar-refractivity contribution in [1.29, 1.82) is 5.26 Å². The van der Waals surface area contributed by atoms with Gasteiger partial charge in [-0.15, -0.1) is 0 Å². The van der Waals surface area contributed by atoms with Gasteiger partial charge in [-0.25, -0.2) is 22.8 Å². The largest absolute Gasteiger partial charge is 0.301 e. The molecule has 0 aliphatic carbocycles. The quantitative estimate of drug-likeness (QED) is 0.214. The fourth-order valence-electron chi connectivity index (χ4n) is 6.01. The maximum absolute atomic E-state index is 13.8. The smallest absolute Gasteiger partial charge is 0.159 e. The van der Waals surface area contributed by atoms with Gasteiger partial charge in [0.15, 0.2) is 17.3 Å². The van der Waals surface area contributed by atoms with Crippen molar-refractivity contribution in [3.63, 3.8) is 0 Å². The van der Waals surface area contributed by atoms with E-state index in [0.29, 0.717) is 36.6 Å². The Morgan fingerprint density at radius 3 is 2.55 bits per heavy atom. The van der Waals surface area contributed by atoms with E-state index >= 15 is 0 Å². The third kappa shape index (κ3) is 5.25. The Balaban J connectivity index is 1.42. The molecule has 1 aliphatic heterocycles. The highest BCUT2D eigenvalue weighted by atomic mass is 19.2. The molecule has 10 heteroatoms. The van der Waals surface area contributed by atoms with Gasteiger partial charge in [-0.1, -0.05) is 26.0 Å². The zero-order valence-corrected chi connectivity index (χ0v) is 23.7. The minimum absolute atomic E-state index is 0.149. The number of hydrogen-bond donors (Lipinski definition) is 0. The number of nitriles is 1. The molecule has 1 aliphatic rings. The summed E-state index contributed by atoms with van der Waals surface area (Å²) >= 11 is 0. The first kappa shape index (κ1) is 27.9. The van der Waals surface area contributed by atoms with E-state index < -0.39 is 11.6 Å². The molecule has 0 spiro atoms. The molecule has 0 atom stereocenters. The molecule has 0 amide bonds. The van der Waals surface area contributed by atoms with Crippen LogP contribution < -0.4 is 0 Å². The maximum Gasteiger partial charge on any atom is 0.159 e. The summed E-state index contributed by atoms with van der Waals surface area (Å²) in [4.78, 5) is 7.16. The summed E-state index contributed by atoms with van der Waals surface area (Å²) in [7, 11) is 0. The van der Waals surface area contributed by atoms with Gasteiger partial charge in [0.1, 0.15) is 12.7 Å². The summed E-state index contributed by atoms with van der Waals surface area (Å²) in [5.74, 6) is -1.47. The van der Waals surface area contributed by atoms with Crippen LogP contribution in [0.1, 0.15) is 49.6 Å². The predicted molar refractivity (Wildman–Crippen MR) is 156 cm³/mol. The summed E-state index contributed by atoms with van der Waals surface area (Å²) in [5, 5.41) is 21.3. The number of nitrogens with zero attached hydrogens (tertiary/aromatic N) is 7. The molecule has 0 saturated carbocycles. The van der Waals surface area contributed by atoms with Crippen molar-refractivity contribution in [2.24, 2.45) is 5.92 Å². The summed E-state index contributed by atoms with van der Waals surface area (Å²) in [6, 6.07) is 12.3. The summed E-state index contributed by atoms with van der Waals surface area (Å²) < 4.78 is 43.8. The van der Waals surface area contributed by atoms with E-state index in [0.717, 1.165) is 70.8 Å². The van der Waals surface area contributed by atoms with Crippen LogP contribution in [-0.2, 0) is 13.0 Å². The zero-order valence-electron chi connectivity index (χ0n) is 23.7. The highest BCUT2D eigenvalue weighted by Gasteiger charge is 2.26. The van der Waals surface area contributed by atoms with E-state index in [9.17, 15) is 18.4 Å². The third-order valence-corrected chi connectivity index (χ3v) is 8.08. The lowest BCUT2D eigenvalue weighted by molar-refractivity contribution is 0.171. The first-order valence-electron chi connectivity index (χ1n) is 14.3. The van der Waals surface area contributed by atoms with Crippen LogP contribution >= 0.6 is 0 Å². The molecule has 216 valence electrons. The van der Waals surface area contributed by atoms with E-state index in [4.69, 9.17) is 10.1 Å². The Kier molecular flexibility index (Phi) is 7.69. The molecule has 0 bridgehead atoms. The fraction of sp³-hybridized carbons (Fsp3) is 0.375. The van der Waals surface area contributed by atoms with Crippen molar-refractivity contribution >= 4 is 21.9 Å². The normalized spacial score (nSPS) is 14.8. The minimum Gasteiger partial charge on any atom is -0.301 e. The molecule has 0 unspecified atom stereocenters. The number of piperidine rings is 1. The average Bonchev–Trinajstić information content (AvgIpc) is 3.58. The molecule has 0 N–H and O–H groups in total. The van der Waals surface area contributed by atoms with E-state index in [1.807, 2.05) is 29.1 Å². The molecule has 1 saturated heterocycles. The maximum atomic E-state index is 13.8. The molecular weight excluding hydrogens is 539 g/mol. The average molecular weight is 572 g/mol. The number of benzene rings is 2. The second kappa shape index (κ2) is 11.6. The molecule has 42 heavy (non-hydrogen) atoms. The van der Waals surface area contributed by atoms with Gasteiger partial charge in [0, 0.05) is 36.0 Å². The van der Waals surface area contributed by atoms with Crippen LogP contribution in [0.4, 0.5) is 13.2 Å². The van der Waals surface area contributed by atoms with Gasteiger partial charge < -0.3 is 4.90 Å². The number of aromatic nitrogens is 5. The molecule has 6 rings (SSSR count). The second-order valence-corrected chi connectivity index (χ2v) is 11.4. The number of fused-ring (bicyclic) bond motifs is 2. The number of pyridine rings is 1. The summed E-state index contributed by atoms with van der Waals surface area (Å²) in [5.41, 5.74) is 5.16. The Bertz CT molecular complexity index is 1790. The van der Waals surface area contributed by atoms with E-state index in [2.05, 4.69) is 29.9 Å². The van der Waals surface area contributed by atoms with Crippen molar-refractivity contribution in [2.75, 3.05) is 26.3 Å². The Morgan fingerprint density at radius 2 is 1.83 bits per heavy atom. The zero-order chi connectivity index (χ0) is 29.4. The van der Waals surface area contributed by atoms with Gasteiger partial charge >= 0.3 is 0 Å². The SMILES string of the molecule is CC(C)Cc1nc2c(cnn2C2CCN(CCF)CC2)c(-c2ccc3c(cnn3Cc3ccc(F)c(F)c3)c2)c1C#N. The monoisotopic (exact) mass is 571 g/mol. The van der Waals surface area contributed by atoms with Crippen molar-refractivity contribution in [3.05, 3.63) is 77.2 Å². The van der Waals surface area contributed by atoms with Crippen LogP contribution in [0.15, 0.2) is 48.8 Å². The summed E-state index contributed by atoms with van der Waals surface area (Å²) in [6.07, 6.45) is 5.92. The van der Waals surface area contributed by atoms with E-state index in [-0.39, 0.29) is 12.7 Å². The lowest BCUT2D eigenvalue weighted by Crippen LogP contribution is -2.36. The highest BCUT2D eigenvalue weighted by Crippen LogP contribution is 2.37. The number of hydrogen-bond acceptors (Lipinski definition) is 5. The van der Waals surface area contributed by atoms with Gasteiger partial charge in [-0.3, -0.25) is 4.68 Å². The van der Waals surface area contributed by atoms with Gasteiger partial charge in [0.05, 0.1) is 41.8 Å². The Labute approximate surface area is 242 Å². The second-order valence-electron chi connectivity index (χ2n) is 11.4. The first-order chi connectivity index (χ1) is 20.4. The van der Waals surface area contributed by atoms with Crippen LogP contribution in [-0.4, -0.2) is 55.8 Å². The Hall–Kier alpha value is -4.23. The number of likely N-dealkylation sites (tertiary alicyclic amines) is 1. The molecule has 5 aromatic rings. The van der Waals surface area contributed by atoms with Crippen LogP contribution in [0.3, 0.4) is 0 Å².